The van der Waals surface area contributed by atoms with E-state index in [0.29, 0.717) is 37.6 Å². The van der Waals surface area contributed by atoms with Crippen molar-refractivity contribution in [1.29, 1.82) is 0 Å². The first-order valence-electron chi connectivity index (χ1n) is 9.53. The van der Waals surface area contributed by atoms with Crippen LogP contribution in [0.4, 0.5) is 4.39 Å². The van der Waals surface area contributed by atoms with E-state index in [2.05, 4.69) is 5.10 Å². The van der Waals surface area contributed by atoms with Crippen molar-refractivity contribution in [3.05, 3.63) is 65.9 Å². The van der Waals surface area contributed by atoms with E-state index in [-0.39, 0.29) is 21.8 Å². The maximum Gasteiger partial charge on any atom is 0.274 e. The first kappa shape index (κ1) is 19.0. The Balaban J connectivity index is 1.80. The minimum atomic E-state index is -4.31. The highest BCUT2D eigenvalue weighted by molar-refractivity contribution is 7.91. The van der Waals surface area contributed by atoms with Gasteiger partial charge in [-0.05, 0) is 18.2 Å². The van der Waals surface area contributed by atoms with E-state index in [1.165, 1.54) is 15.6 Å². The number of hydrogen-bond acceptors (Lipinski definition) is 5. The summed E-state index contributed by atoms with van der Waals surface area (Å²) in [7, 11) is -4.31. The number of morpholine rings is 1. The van der Waals surface area contributed by atoms with Gasteiger partial charge in [0.05, 0.1) is 35.1 Å². The van der Waals surface area contributed by atoms with Crippen molar-refractivity contribution < 1.29 is 22.3 Å². The number of carbonyl (C=O) groups is 1. The molecule has 1 fully saturated rings. The molecule has 1 amide bonds. The molecule has 0 N–H and O–H groups in total. The minimum absolute atomic E-state index is 0.104. The van der Waals surface area contributed by atoms with Crippen molar-refractivity contribution in [1.82, 2.24) is 14.7 Å². The summed E-state index contributed by atoms with van der Waals surface area (Å²) in [5.74, 6) is -0.499. The van der Waals surface area contributed by atoms with Gasteiger partial charge in [0.1, 0.15) is 0 Å². The lowest BCUT2D eigenvalue weighted by Gasteiger charge is -2.27. The fourth-order valence-corrected chi connectivity index (χ4v) is 5.41. The molecule has 9 heteroatoms. The van der Waals surface area contributed by atoms with Crippen LogP contribution in [-0.4, -0.2) is 55.3 Å². The molecule has 0 radical (unpaired) electrons. The number of sulfone groups is 1. The summed E-state index contributed by atoms with van der Waals surface area (Å²) in [5, 5.41) is 4.43. The fraction of sp³-hybridized carbons (Fsp3) is 0.238. The van der Waals surface area contributed by atoms with Gasteiger partial charge in [-0.1, -0.05) is 36.4 Å². The number of fused-ring (bicyclic) bond motifs is 3. The molecule has 1 aromatic heterocycles. The van der Waals surface area contributed by atoms with Crippen molar-refractivity contribution in [2.75, 3.05) is 26.3 Å². The molecule has 7 nitrogen and oxygen atoms in total. The molecule has 2 aliphatic heterocycles. The topological polar surface area (TPSA) is 81.5 Å². The Kier molecular flexibility index (Phi) is 4.44. The SMILES string of the molecule is O=C(c1nn(-c2ccccc2)c2c1C(F)S(=O)(=O)c1ccccc1-2)N1CCOCC1. The van der Waals surface area contributed by atoms with Crippen LogP contribution >= 0.6 is 0 Å². The Morgan fingerprint density at radius 3 is 2.43 bits per heavy atom. The Labute approximate surface area is 172 Å². The largest absolute Gasteiger partial charge is 0.378 e. The third-order valence-electron chi connectivity index (χ3n) is 5.37. The molecular formula is C21H18FN3O4S. The van der Waals surface area contributed by atoms with E-state index >= 15 is 4.39 Å². The average Bonchev–Trinajstić information content (AvgIpc) is 3.19. The van der Waals surface area contributed by atoms with Gasteiger partial charge in [0.2, 0.25) is 15.3 Å². The van der Waals surface area contributed by atoms with E-state index in [1.54, 1.807) is 42.5 Å². The van der Waals surface area contributed by atoms with Crippen molar-refractivity contribution in [2.24, 2.45) is 0 Å². The van der Waals surface area contributed by atoms with Crippen LogP contribution < -0.4 is 0 Å². The Morgan fingerprint density at radius 2 is 1.70 bits per heavy atom. The van der Waals surface area contributed by atoms with Gasteiger partial charge in [0.25, 0.3) is 5.91 Å². The zero-order chi connectivity index (χ0) is 20.9. The number of benzene rings is 2. The van der Waals surface area contributed by atoms with Gasteiger partial charge >= 0.3 is 0 Å². The van der Waals surface area contributed by atoms with E-state index in [1.807, 2.05) is 6.07 Å². The van der Waals surface area contributed by atoms with Gasteiger partial charge in [-0.25, -0.2) is 17.5 Å². The summed E-state index contributed by atoms with van der Waals surface area (Å²) in [5.41, 5.74) is -1.53. The normalized spacial score (nSPS) is 19.8. The summed E-state index contributed by atoms with van der Waals surface area (Å²) in [6.07, 6.45) is 0. The molecule has 154 valence electrons. The van der Waals surface area contributed by atoms with Crippen molar-refractivity contribution in [3.8, 4) is 16.9 Å². The quantitative estimate of drug-likeness (QED) is 0.628. The smallest absolute Gasteiger partial charge is 0.274 e. The highest BCUT2D eigenvalue weighted by atomic mass is 32.2. The highest BCUT2D eigenvalue weighted by Gasteiger charge is 2.45. The molecule has 5 rings (SSSR count). The van der Waals surface area contributed by atoms with Crippen molar-refractivity contribution in [3.63, 3.8) is 0 Å². The van der Waals surface area contributed by atoms with E-state index in [9.17, 15) is 13.2 Å². The highest BCUT2D eigenvalue weighted by Crippen LogP contribution is 2.47. The molecule has 3 aromatic rings. The van der Waals surface area contributed by atoms with Gasteiger partial charge in [0.15, 0.2) is 5.69 Å². The summed E-state index contributed by atoms with van der Waals surface area (Å²) in [4.78, 5) is 14.6. The second-order valence-corrected chi connectivity index (χ2v) is 9.06. The number of rotatable bonds is 2. The molecule has 0 bridgehead atoms. The second-order valence-electron chi connectivity index (χ2n) is 7.12. The van der Waals surface area contributed by atoms with E-state index < -0.39 is 21.2 Å². The monoisotopic (exact) mass is 427 g/mol. The first-order chi connectivity index (χ1) is 14.5. The number of hydrogen-bond donors (Lipinski definition) is 0. The second kappa shape index (κ2) is 7.03. The number of alkyl halides is 1. The lowest BCUT2D eigenvalue weighted by Crippen LogP contribution is -2.41. The van der Waals surface area contributed by atoms with Crippen molar-refractivity contribution >= 4 is 15.7 Å². The average molecular weight is 427 g/mol. The van der Waals surface area contributed by atoms with Gasteiger partial charge in [-0.2, -0.15) is 5.10 Å². The maximum atomic E-state index is 15.5. The zero-order valence-corrected chi connectivity index (χ0v) is 16.7. The number of para-hydroxylation sites is 1. The van der Waals surface area contributed by atoms with Crippen LogP contribution in [-0.2, 0) is 14.6 Å². The molecule has 0 saturated carbocycles. The molecule has 1 atom stereocenters. The van der Waals surface area contributed by atoms with Gasteiger partial charge in [-0.3, -0.25) is 4.79 Å². The summed E-state index contributed by atoms with van der Waals surface area (Å²) in [6.45, 7) is 1.42. The standard InChI is InChI=1S/C21H18FN3O4S/c22-20-17-18(21(26)24-10-12-29-13-11-24)23-25(14-6-2-1-3-7-14)19(17)15-8-4-5-9-16(15)30(20,27)28/h1-9,20H,10-13H2. The fourth-order valence-electron chi connectivity index (χ4n) is 3.91. The number of ether oxygens (including phenoxy) is 1. The van der Waals surface area contributed by atoms with Crippen LogP contribution in [0.2, 0.25) is 0 Å². The van der Waals surface area contributed by atoms with Gasteiger partial charge in [0, 0.05) is 18.7 Å². The number of carbonyl (C=O) groups excluding carboxylic acids is 1. The maximum absolute atomic E-state index is 15.5. The van der Waals surface area contributed by atoms with Crippen LogP contribution in [0.15, 0.2) is 59.5 Å². The molecule has 1 saturated heterocycles. The van der Waals surface area contributed by atoms with Crippen LogP contribution in [0.3, 0.4) is 0 Å². The molecule has 0 aliphatic carbocycles. The van der Waals surface area contributed by atoms with Crippen molar-refractivity contribution in [2.45, 2.75) is 10.4 Å². The third kappa shape index (κ3) is 2.77. The molecule has 2 aliphatic rings. The third-order valence-corrected chi connectivity index (χ3v) is 7.12. The lowest BCUT2D eigenvalue weighted by molar-refractivity contribution is 0.0297. The molecule has 2 aromatic carbocycles. The molecule has 1 unspecified atom stereocenters. The Bertz CT molecular complexity index is 1230. The van der Waals surface area contributed by atoms with Crippen LogP contribution in [0.25, 0.3) is 16.9 Å². The number of nitrogens with zero attached hydrogens (tertiary/aromatic N) is 3. The van der Waals surface area contributed by atoms with Crippen LogP contribution in [0.1, 0.15) is 21.6 Å². The first-order valence-corrected chi connectivity index (χ1v) is 11.1. The van der Waals surface area contributed by atoms with Crippen LogP contribution in [0, 0.1) is 0 Å². The molecule has 0 spiro atoms. The van der Waals surface area contributed by atoms with E-state index in [0.717, 1.165) is 0 Å². The lowest BCUT2D eigenvalue weighted by atomic mass is 10.0. The molecular weight excluding hydrogens is 409 g/mol. The van der Waals surface area contributed by atoms with Gasteiger partial charge in [-0.15, -0.1) is 0 Å². The number of amides is 1. The summed E-state index contributed by atoms with van der Waals surface area (Å²) in [6, 6.07) is 15.2. The number of halogens is 1. The predicted molar refractivity (Wildman–Crippen MR) is 107 cm³/mol. The Hall–Kier alpha value is -3.04. The van der Waals surface area contributed by atoms with E-state index in [4.69, 9.17) is 4.74 Å². The Morgan fingerprint density at radius 1 is 1.03 bits per heavy atom. The summed E-state index contributed by atoms with van der Waals surface area (Å²) >= 11 is 0. The predicted octanol–water partition coefficient (Wildman–Crippen LogP) is 2.77. The number of aromatic nitrogens is 2. The molecule has 30 heavy (non-hydrogen) atoms. The molecule has 3 heterocycles. The van der Waals surface area contributed by atoms with Gasteiger partial charge < -0.3 is 9.64 Å². The zero-order valence-electron chi connectivity index (χ0n) is 15.9. The van der Waals surface area contributed by atoms with Crippen LogP contribution in [0.5, 0.6) is 0 Å². The minimum Gasteiger partial charge on any atom is -0.378 e. The summed E-state index contributed by atoms with van der Waals surface area (Å²) < 4.78 is 48.1.